The van der Waals surface area contributed by atoms with Crippen LogP contribution in [0.2, 0.25) is 0 Å². The van der Waals surface area contributed by atoms with Crippen LogP contribution in [0.1, 0.15) is 11.4 Å². The molecule has 2 heterocycles. The number of nitrogens with zero attached hydrogens (tertiary/aromatic N) is 2. The highest BCUT2D eigenvalue weighted by atomic mass is 16.4. The molecule has 5 heteroatoms. The number of aryl methyl sites for hydroxylation is 1. The van der Waals surface area contributed by atoms with E-state index in [2.05, 4.69) is 4.98 Å². The van der Waals surface area contributed by atoms with Gasteiger partial charge in [0.25, 0.3) is 5.56 Å². The van der Waals surface area contributed by atoms with Crippen LogP contribution in [0.25, 0.3) is 5.65 Å². The van der Waals surface area contributed by atoms with Gasteiger partial charge in [0.2, 0.25) is 0 Å². The normalized spacial score (nSPS) is 10.6. The molecule has 0 fully saturated rings. The van der Waals surface area contributed by atoms with Crippen molar-refractivity contribution in [2.75, 3.05) is 0 Å². The molecule has 0 saturated carbocycles. The molecule has 2 aromatic rings. The predicted molar refractivity (Wildman–Crippen MR) is 54.9 cm³/mol. The first-order chi connectivity index (χ1) is 7.58. The van der Waals surface area contributed by atoms with Gasteiger partial charge in [0.15, 0.2) is 0 Å². The molecule has 2 aromatic heterocycles. The van der Waals surface area contributed by atoms with Crippen molar-refractivity contribution >= 4 is 11.6 Å². The lowest BCUT2D eigenvalue weighted by Crippen LogP contribution is -2.26. The molecule has 0 atom stereocenters. The zero-order valence-corrected chi connectivity index (χ0v) is 8.64. The highest BCUT2D eigenvalue weighted by molar-refractivity contribution is 5.67. The molecule has 5 nitrogen and oxygen atoms in total. The van der Waals surface area contributed by atoms with Crippen LogP contribution in [0, 0.1) is 6.92 Å². The van der Waals surface area contributed by atoms with E-state index in [0.29, 0.717) is 5.65 Å². The molecular weight excluding hydrogens is 208 g/mol. The van der Waals surface area contributed by atoms with Crippen LogP contribution in [0.15, 0.2) is 29.1 Å². The topological polar surface area (TPSA) is 74.5 Å². The Hall–Kier alpha value is -2.17. The quantitative estimate of drug-likeness (QED) is 0.666. The fourth-order valence-corrected chi connectivity index (χ4v) is 1.60. The number of hydrogen-bond acceptors (Lipinski definition) is 4. The molecule has 82 valence electrons. The van der Waals surface area contributed by atoms with Gasteiger partial charge in [0.05, 0.1) is 5.69 Å². The first-order valence-electron chi connectivity index (χ1n) is 4.76. The molecule has 0 N–H and O–H groups in total. The molecule has 0 aliphatic carbocycles. The Kier molecular flexibility index (Phi) is 2.44. The average molecular weight is 217 g/mol. The Labute approximate surface area is 91.0 Å². The molecule has 0 saturated heterocycles. The van der Waals surface area contributed by atoms with Crippen molar-refractivity contribution in [1.29, 1.82) is 0 Å². The van der Waals surface area contributed by atoms with Gasteiger partial charge in [-0.25, -0.2) is 4.98 Å². The Morgan fingerprint density at radius 3 is 2.94 bits per heavy atom. The summed E-state index contributed by atoms with van der Waals surface area (Å²) in [7, 11) is 0. The van der Waals surface area contributed by atoms with Gasteiger partial charge in [-0.3, -0.25) is 9.20 Å². The standard InChI is InChI=1S/C11H10N2O3/c1-7-3-2-4-9-12-8(6-11(15)16)5-10(14)13(7)9/h2-5H,6H2,1H3,(H,15,16)/p-1. The lowest BCUT2D eigenvalue weighted by Gasteiger charge is -2.06. The molecule has 0 radical (unpaired) electrons. The highest BCUT2D eigenvalue weighted by Crippen LogP contribution is 2.03. The van der Waals surface area contributed by atoms with Gasteiger partial charge in [-0.2, -0.15) is 0 Å². The minimum atomic E-state index is -1.25. The smallest absolute Gasteiger partial charge is 0.258 e. The summed E-state index contributed by atoms with van der Waals surface area (Å²) in [6.07, 6.45) is -0.348. The van der Waals surface area contributed by atoms with Gasteiger partial charge < -0.3 is 9.90 Å². The van der Waals surface area contributed by atoms with Crippen molar-refractivity contribution in [3.8, 4) is 0 Å². The number of pyridine rings is 1. The number of rotatable bonds is 2. The Morgan fingerprint density at radius 1 is 1.50 bits per heavy atom. The van der Waals surface area contributed by atoms with Crippen LogP contribution in [0.5, 0.6) is 0 Å². The zero-order valence-electron chi connectivity index (χ0n) is 8.64. The third-order valence-electron chi connectivity index (χ3n) is 2.26. The van der Waals surface area contributed by atoms with E-state index in [0.717, 1.165) is 5.69 Å². The molecule has 0 aliphatic rings. The molecule has 0 amide bonds. The van der Waals surface area contributed by atoms with Crippen LogP contribution in [-0.4, -0.2) is 15.4 Å². The second kappa shape index (κ2) is 3.77. The number of carbonyl (C=O) groups excluding carboxylic acids is 1. The number of fused-ring (bicyclic) bond motifs is 1. The summed E-state index contributed by atoms with van der Waals surface area (Å²) < 4.78 is 1.43. The summed E-state index contributed by atoms with van der Waals surface area (Å²) in [5, 5.41) is 10.4. The van der Waals surface area contributed by atoms with Crippen LogP contribution >= 0.6 is 0 Å². The summed E-state index contributed by atoms with van der Waals surface area (Å²) in [6, 6.07) is 6.43. The van der Waals surface area contributed by atoms with Gasteiger partial charge in [-0.1, -0.05) is 6.07 Å². The lowest BCUT2D eigenvalue weighted by atomic mass is 10.3. The first kappa shape index (κ1) is 10.4. The molecule has 0 aromatic carbocycles. The maximum atomic E-state index is 11.7. The fourth-order valence-electron chi connectivity index (χ4n) is 1.60. The first-order valence-corrected chi connectivity index (χ1v) is 4.76. The average Bonchev–Trinajstić information content (AvgIpc) is 2.15. The van der Waals surface area contributed by atoms with E-state index in [9.17, 15) is 14.7 Å². The van der Waals surface area contributed by atoms with E-state index in [1.807, 2.05) is 0 Å². The molecule has 0 aliphatic heterocycles. The minimum Gasteiger partial charge on any atom is -0.550 e. The lowest BCUT2D eigenvalue weighted by molar-refractivity contribution is -0.304. The van der Waals surface area contributed by atoms with Crippen LogP contribution in [0.4, 0.5) is 0 Å². The van der Waals surface area contributed by atoms with Crippen LogP contribution in [-0.2, 0) is 11.2 Å². The summed E-state index contributed by atoms with van der Waals surface area (Å²) in [4.78, 5) is 26.2. The second-order valence-corrected chi connectivity index (χ2v) is 3.50. The van der Waals surface area contributed by atoms with E-state index in [4.69, 9.17) is 0 Å². The highest BCUT2D eigenvalue weighted by Gasteiger charge is 2.03. The van der Waals surface area contributed by atoms with E-state index in [-0.39, 0.29) is 17.7 Å². The van der Waals surface area contributed by atoms with Crippen molar-refractivity contribution in [2.24, 2.45) is 0 Å². The van der Waals surface area contributed by atoms with Gasteiger partial charge in [0, 0.05) is 24.2 Å². The minimum absolute atomic E-state index is 0.218. The molecular formula is C11H9N2O3-. The van der Waals surface area contributed by atoms with Crippen molar-refractivity contribution in [2.45, 2.75) is 13.3 Å². The van der Waals surface area contributed by atoms with Crippen molar-refractivity contribution in [1.82, 2.24) is 9.38 Å². The zero-order chi connectivity index (χ0) is 11.7. The van der Waals surface area contributed by atoms with Gasteiger partial charge >= 0.3 is 0 Å². The number of aromatic nitrogens is 2. The van der Waals surface area contributed by atoms with Gasteiger partial charge in [-0.15, -0.1) is 0 Å². The Balaban J connectivity index is 2.69. The fraction of sp³-hybridized carbons (Fsp3) is 0.182. The summed E-state index contributed by atoms with van der Waals surface area (Å²) in [5.74, 6) is -1.25. The summed E-state index contributed by atoms with van der Waals surface area (Å²) in [5.41, 5.74) is 1.15. The predicted octanol–water partition coefficient (Wildman–Crippen LogP) is -0.705. The van der Waals surface area contributed by atoms with Gasteiger partial charge in [-0.05, 0) is 19.1 Å². The van der Waals surface area contributed by atoms with E-state index in [1.54, 1.807) is 25.1 Å². The SMILES string of the molecule is Cc1cccc2nc(CC(=O)[O-])cc(=O)n12. The number of carboxylic acids is 1. The number of hydrogen-bond donors (Lipinski definition) is 0. The third-order valence-corrected chi connectivity index (χ3v) is 2.26. The number of aliphatic carboxylic acids is 1. The largest absolute Gasteiger partial charge is 0.550 e. The molecule has 0 bridgehead atoms. The number of carbonyl (C=O) groups is 1. The maximum absolute atomic E-state index is 11.7. The van der Waals surface area contributed by atoms with E-state index in [1.165, 1.54) is 10.5 Å². The van der Waals surface area contributed by atoms with Crippen molar-refractivity contribution < 1.29 is 9.90 Å². The summed E-state index contributed by atoms with van der Waals surface area (Å²) in [6.45, 7) is 1.79. The maximum Gasteiger partial charge on any atom is 0.258 e. The van der Waals surface area contributed by atoms with E-state index >= 15 is 0 Å². The molecule has 0 spiro atoms. The Bertz CT molecular complexity index is 616. The monoisotopic (exact) mass is 217 g/mol. The molecule has 2 rings (SSSR count). The van der Waals surface area contributed by atoms with Crippen LogP contribution in [0.3, 0.4) is 0 Å². The number of carboxylic acid groups (broad SMARTS) is 1. The van der Waals surface area contributed by atoms with Gasteiger partial charge in [0.1, 0.15) is 5.65 Å². The summed E-state index contributed by atoms with van der Waals surface area (Å²) >= 11 is 0. The van der Waals surface area contributed by atoms with Crippen LogP contribution < -0.4 is 10.7 Å². The Morgan fingerprint density at radius 2 is 2.25 bits per heavy atom. The molecule has 16 heavy (non-hydrogen) atoms. The third kappa shape index (κ3) is 1.79. The van der Waals surface area contributed by atoms with E-state index < -0.39 is 5.97 Å². The second-order valence-electron chi connectivity index (χ2n) is 3.50. The molecule has 0 unspecified atom stereocenters. The van der Waals surface area contributed by atoms with Crippen molar-refractivity contribution in [3.63, 3.8) is 0 Å². The van der Waals surface area contributed by atoms with Crippen molar-refractivity contribution in [3.05, 3.63) is 46.0 Å².